The average molecular weight is 333 g/mol. The van der Waals surface area contributed by atoms with Crippen LogP contribution in [-0.4, -0.2) is 55.2 Å². The van der Waals surface area contributed by atoms with Crippen molar-refractivity contribution in [2.75, 3.05) is 40.3 Å². The second kappa shape index (κ2) is 9.65. The van der Waals surface area contributed by atoms with Gasteiger partial charge in [0.15, 0.2) is 0 Å². The van der Waals surface area contributed by atoms with Crippen LogP contribution < -0.4 is 0 Å². The molecule has 5 heteroatoms. The summed E-state index contributed by atoms with van der Waals surface area (Å²) in [7, 11) is 4.17. The molecule has 0 aliphatic carbocycles. The standard InChI is InChI=1S/C16H26Cl2N2O/c1-4-20(11-6-10-19(2)3)12-9-15(21)13-7-5-8-14(17)16(13)18/h5,7-8,15,21H,4,6,9-12H2,1-3H3. The molecule has 1 atom stereocenters. The molecule has 0 spiro atoms. The van der Waals surface area contributed by atoms with Gasteiger partial charge in [-0.1, -0.05) is 42.3 Å². The van der Waals surface area contributed by atoms with Crippen molar-refractivity contribution >= 4 is 23.2 Å². The maximum Gasteiger partial charge on any atom is 0.0817 e. The van der Waals surface area contributed by atoms with Crippen molar-refractivity contribution in [2.24, 2.45) is 0 Å². The molecule has 120 valence electrons. The van der Waals surface area contributed by atoms with Crippen LogP contribution in [0.2, 0.25) is 10.0 Å². The molecular weight excluding hydrogens is 307 g/mol. The maximum absolute atomic E-state index is 10.3. The Labute approximate surface area is 138 Å². The zero-order valence-electron chi connectivity index (χ0n) is 13.1. The van der Waals surface area contributed by atoms with Crippen LogP contribution in [0, 0.1) is 0 Å². The van der Waals surface area contributed by atoms with Crippen LogP contribution in [-0.2, 0) is 0 Å². The van der Waals surface area contributed by atoms with Gasteiger partial charge in [-0.2, -0.15) is 0 Å². The zero-order chi connectivity index (χ0) is 15.8. The van der Waals surface area contributed by atoms with Gasteiger partial charge < -0.3 is 14.9 Å². The third-order valence-corrected chi connectivity index (χ3v) is 4.42. The Morgan fingerprint density at radius 2 is 1.86 bits per heavy atom. The van der Waals surface area contributed by atoms with E-state index >= 15 is 0 Å². The third-order valence-electron chi connectivity index (χ3n) is 3.59. The monoisotopic (exact) mass is 332 g/mol. The van der Waals surface area contributed by atoms with Crippen molar-refractivity contribution in [1.29, 1.82) is 0 Å². The molecule has 3 nitrogen and oxygen atoms in total. The van der Waals surface area contributed by atoms with Crippen LogP contribution >= 0.6 is 23.2 Å². The fourth-order valence-corrected chi connectivity index (χ4v) is 2.71. The fourth-order valence-electron chi connectivity index (χ4n) is 2.28. The first-order chi connectivity index (χ1) is 9.95. The van der Waals surface area contributed by atoms with Crippen molar-refractivity contribution in [1.82, 2.24) is 9.80 Å². The summed E-state index contributed by atoms with van der Waals surface area (Å²) in [5.41, 5.74) is 0.716. The average Bonchev–Trinajstić information content (AvgIpc) is 2.44. The van der Waals surface area contributed by atoms with E-state index in [1.54, 1.807) is 6.07 Å². The summed E-state index contributed by atoms with van der Waals surface area (Å²) in [6.45, 7) is 6.12. The lowest BCUT2D eigenvalue weighted by Gasteiger charge is -2.23. The van der Waals surface area contributed by atoms with E-state index in [0.717, 1.165) is 32.6 Å². The summed E-state index contributed by atoms with van der Waals surface area (Å²) in [4.78, 5) is 4.54. The predicted octanol–water partition coefficient (Wildman–Crippen LogP) is 3.69. The van der Waals surface area contributed by atoms with Crippen molar-refractivity contribution in [3.05, 3.63) is 33.8 Å². The van der Waals surface area contributed by atoms with E-state index in [1.807, 2.05) is 12.1 Å². The number of aliphatic hydroxyl groups excluding tert-OH is 1. The number of nitrogens with zero attached hydrogens (tertiary/aromatic N) is 2. The SMILES string of the molecule is CCN(CCCN(C)C)CCC(O)c1cccc(Cl)c1Cl. The Morgan fingerprint density at radius 1 is 1.14 bits per heavy atom. The summed E-state index contributed by atoms with van der Waals surface area (Å²) in [5.74, 6) is 0. The lowest BCUT2D eigenvalue weighted by molar-refractivity contribution is 0.142. The molecule has 1 rings (SSSR count). The number of aliphatic hydroxyl groups is 1. The maximum atomic E-state index is 10.3. The first kappa shape index (κ1) is 18.7. The molecule has 0 fully saturated rings. The number of rotatable bonds is 9. The Morgan fingerprint density at radius 3 is 2.48 bits per heavy atom. The molecule has 0 amide bonds. The van der Waals surface area contributed by atoms with Crippen LogP contribution in [0.15, 0.2) is 18.2 Å². The highest BCUT2D eigenvalue weighted by Gasteiger charge is 2.14. The molecule has 0 aliphatic heterocycles. The second-order valence-corrected chi connectivity index (χ2v) is 6.32. The molecular formula is C16H26Cl2N2O. The lowest BCUT2D eigenvalue weighted by atomic mass is 10.1. The molecule has 0 bridgehead atoms. The summed E-state index contributed by atoms with van der Waals surface area (Å²) >= 11 is 12.1. The summed E-state index contributed by atoms with van der Waals surface area (Å²) in [6, 6.07) is 5.39. The van der Waals surface area contributed by atoms with Crippen molar-refractivity contribution in [2.45, 2.75) is 25.9 Å². The summed E-state index contributed by atoms with van der Waals surface area (Å²) in [6.07, 6.45) is 1.23. The molecule has 0 heterocycles. The summed E-state index contributed by atoms with van der Waals surface area (Å²) in [5, 5.41) is 11.3. The van der Waals surface area contributed by atoms with E-state index in [0.29, 0.717) is 22.0 Å². The minimum Gasteiger partial charge on any atom is -0.388 e. The van der Waals surface area contributed by atoms with E-state index in [4.69, 9.17) is 23.2 Å². The molecule has 0 radical (unpaired) electrons. The van der Waals surface area contributed by atoms with Gasteiger partial charge >= 0.3 is 0 Å². The van der Waals surface area contributed by atoms with Gasteiger partial charge in [0.1, 0.15) is 0 Å². The molecule has 1 aromatic carbocycles. The van der Waals surface area contributed by atoms with E-state index in [2.05, 4.69) is 30.8 Å². The Hall–Kier alpha value is -0.320. The molecule has 0 saturated heterocycles. The minimum absolute atomic E-state index is 0.460. The normalized spacial score (nSPS) is 13.1. The molecule has 0 aromatic heterocycles. The van der Waals surface area contributed by atoms with Gasteiger partial charge in [0.05, 0.1) is 16.1 Å². The third kappa shape index (κ3) is 6.54. The smallest absolute Gasteiger partial charge is 0.0817 e. The first-order valence-electron chi connectivity index (χ1n) is 7.44. The number of hydrogen-bond acceptors (Lipinski definition) is 3. The Kier molecular flexibility index (Phi) is 8.60. The number of halogens is 2. The highest BCUT2D eigenvalue weighted by molar-refractivity contribution is 6.42. The molecule has 21 heavy (non-hydrogen) atoms. The van der Waals surface area contributed by atoms with Gasteiger partial charge in [-0.25, -0.2) is 0 Å². The van der Waals surface area contributed by atoms with Gasteiger partial charge in [-0.05, 0) is 52.6 Å². The minimum atomic E-state index is -0.570. The fraction of sp³-hybridized carbons (Fsp3) is 0.625. The topological polar surface area (TPSA) is 26.7 Å². The van der Waals surface area contributed by atoms with Gasteiger partial charge in [-0.3, -0.25) is 0 Å². The summed E-state index contributed by atoms with van der Waals surface area (Å²) < 4.78 is 0. The van der Waals surface area contributed by atoms with Crippen LogP contribution in [0.25, 0.3) is 0 Å². The van der Waals surface area contributed by atoms with Gasteiger partial charge in [0.2, 0.25) is 0 Å². The van der Waals surface area contributed by atoms with E-state index < -0.39 is 6.10 Å². The second-order valence-electron chi connectivity index (χ2n) is 5.54. The number of hydrogen-bond donors (Lipinski definition) is 1. The van der Waals surface area contributed by atoms with Crippen molar-refractivity contribution < 1.29 is 5.11 Å². The van der Waals surface area contributed by atoms with Crippen LogP contribution in [0.1, 0.15) is 31.4 Å². The molecule has 1 aromatic rings. The van der Waals surface area contributed by atoms with Crippen LogP contribution in [0.3, 0.4) is 0 Å². The van der Waals surface area contributed by atoms with E-state index in [1.165, 1.54) is 0 Å². The lowest BCUT2D eigenvalue weighted by Crippen LogP contribution is -2.29. The quantitative estimate of drug-likeness (QED) is 0.747. The Bertz CT molecular complexity index is 427. The Balaban J connectivity index is 2.46. The molecule has 0 aliphatic rings. The van der Waals surface area contributed by atoms with Gasteiger partial charge in [0.25, 0.3) is 0 Å². The highest BCUT2D eigenvalue weighted by atomic mass is 35.5. The first-order valence-corrected chi connectivity index (χ1v) is 8.20. The van der Waals surface area contributed by atoms with Gasteiger partial charge in [-0.15, -0.1) is 0 Å². The highest BCUT2D eigenvalue weighted by Crippen LogP contribution is 2.31. The molecule has 1 unspecified atom stereocenters. The predicted molar refractivity (Wildman–Crippen MR) is 91.3 cm³/mol. The van der Waals surface area contributed by atoms with Crippen LogP contribution in [0.5, 0.6) is 0 Å². The van der Waals surface area contributed by atoms with E-state index in [-0.39, 0.29) is 0 Å². The molecule has 1 N–H and O–H groups in total. The van der Waals surface area contributed by atoms with Crippen molar-refractivity contribution in [3.63, 3.8) is 0 Å². The van der Waals surface area contributed by atoms with Gasteiger partial charge in [0, 0.05) is 12.1 Å². The van der Waals surface area contributed by atoms with Crippen molar-refractivity contribution in [3.8, 4) is 0 Å². The zero-order valence-corrected chi connectivity index (χ0v) is 14.7. The molecule has 0 saturated carbocycles. The largest absolute Gasteiger partial charge is 0.388 e. The number of benzene rings is 1. The van der Waals surface area contributed by atoms with E-state index in [9.17, 15) is 5.11 Å². The van der Waals surface area contributed by atoms with Crippen LogP contribution in [0.4, 0.5) is 0 Å².